The van der Waals surface area contributed by atoms with Gasteiger partial charge < -0.3 is 20.1 Å². The molecule has 0 saturated carbocycles. The lowest BCUT2D eigenvalue weighted by Gasteiger charge is -2.20. The molecule has 1 aliphatic heterocycles. The fraction of sp³-hybridized carbons (Fsp3) is 0.667. The van der Waals surface area contributed by atoms with Crippen LogP contribution >= 0.6 is 0 Å². The summed E-state index contributed by atoms with van der Waals surface area (Å²) in [5.41, 5.74) is 0. The Morgan fingerprint density at radius 2 is 2.32 bits per heavy atom. The summed E-state index contributed by atoms with van der Waals surface area (Å²) >= 11 is 0. The van der Waals surface area contributed by atoms with E-state index in [1.165, 1.54) is 0 Å². The fourth-order valence-electron chi connectivity index (χ4n) is 2.55. The molecule has 1 fully saturated rings. The van der Waals surface area contributed by atoms with E-state index in [1.54, 1.807) is 19.6 Å². The number of carbonyl (C=O) groups is 1. The minimum atomic E-state index is 0.0615. The van der Waals surface area contributed by atoms with Gasteiger partial charge in [-0.3, -0.25) is 9.79 Å². The van der Waals surface area contributed by atoms with Crippen molar-refractivity contribution in [2.45, 2.75) is 32.9 Å². The lowest BCUT2D eigenvalue weighted by atomic mass is 10.2. The Labute approximate surface area is 131 Å². The molecule has 1 unspecified atom stereocenters. The summed E-state index contributed by atoms with van der Waals surface area (Å²) in [7, 11) is 1.76. The average Bonchev–Trinajstić information content (AvgIpc) is 3.16. The zero-order chi connectivity index (χ0) is 15.9. The number of carbonyl (C=O) groups excluding carboxylic acids is 1. The Morgan fingerprint density at radius 3 is 2.95 bits per heavy atom. The van der Waals surface area contributed by atoms with Crippen LogP contribution in [0.3, 0.4) is 0 Å². The van der Waals surface area contributed by atoms with Gasteiger partial charge in [0.2, 0.25) is 5.91 Å². The molecule has 1 atom stereocenters. The first kappa shape index (κ1) is 16.3. The number of aliphatic imine (C=N–C) groups is 1. The van der Waals surface area contributed by atoms with Crippen LogP contribution in [0.4, 0.5) is 0 Å². The van der Waals surface area contributed by atoms with Gasteiger partial charge in [-0.1, -0.05) is 13.8 Å². The van der Waals surface area contributed by atoms with Crippen molar-refractivity contribution in [1.29, 1.82) is 0 Å². The van der Waals surface area contributed by atoms with Crippen molar-refractivity contribution in [3.05, 3.63) is 18.7 Å². The maximum absolute atomic E-state index is 12.0. The maximum atomic E-state index is 12.0. The van der Waals surface area contributed by atoms with E-state index in [9.17, 15) is 4.79 Å². The van der Waals surface area contributed by atoms with E-state index in [0.29, 0.717) is 0 Å². The van der Waals surface area contributed by atoms with E-state index in [2.05, 4.69) is 20.6 Å². The van der Waals surface area contributed by atoms with E-state index < -0.39 is 0 Å². The molecule has 122 valence electrons. The number of nitrogens with zero attached hydrogens (tertiary/aromatic N) is 4. The summed E-state index contributed by atoms with van der Waals surface area (Å²) < 4.78 is 2.01. The molecular formula is C15H26N6O. The fourth-order valence-corrected chi connectivity index (χ4v) is 2.55. The zero-order valence-corrected chi connectivity index (χ0v) is 13.6. The Hall–Kier alpha value is -2.05. The molecule has 7 heteroatoms. The second-order valence-corrected chi connectivity index (χ2v) is 5.87. The van der Waals surface area contributed by atoms with Crippen LogP contribution in [-0.2, 0) is 11.3 Å². The van der Waals surface area contributed by atoms with Gasteiger partial charge in [0.25, 0.3) is 0 Å². The van der Waals surface area contributed by atoms with Crippen molar-refractivity contribution < 1.29 is 4.79 Å². The van der Waals surface area contributed by atoms with Crippen LogP contribution in [0.1, 0.15) is 20.3 Å². The summed E-state index contributed by atoms with van der Waals surface area (Å²) in [6.07, 6.45) is 6.46. The van der Waals surface area contributed by atoms with Crippen LogP contribution < -0.4 is 10.6 Å². The molecule has 22 heavy (non-hydrogen) atoms. The molecule has 1 aromatic heterocycles. The van der Waals surface area contributed by atoms with Gasteiger partial charge in [0.15, 0.2) is 5.96 Å². The molecule has 0 bridgehead atoms. The van der Waals surface area contributed by atoms with Crippen molar-refractivity contribution in [2.75, 3.05) is 26.7 Å². The van der Waals surface area contributed by atoms with E-state index in [-0.39, 0.29) is 17.9 Å². The second-order valence-electron chi connectivity index (χ2n) is 5.87. The van der Waals surface area contributed by atoms with Gasteiger partial charge in [-0.15, -0.1) is 0 Å². The van der Waals surface area contributed by atoms with Gasteiger partial charge >= 0.3 is 0 Å². The molecule has 1 aromatic rings. The highest BCUT2D eigenvalue weighted by molar-refractivity contribution is 5.81. The highest BCUT2D eigenvalue weighted by Gasteiger charge is 2.27. The quantitative estimate of drug-likeness (QED) is 0.606. The third-order valence-electron chi connectivity index (χ3n) is 3.78. The largest absolute Gasteiger partial charge is 0.355 e. The second kappa shape index (κ2) is 7.82. The zero-order valence-electron chi connectivity index (χ0n) is 13.6. The van der Waals surface area contributed by atoms with Crippen molar-refractivity contribution in [2.24, 2.45) is 10.9 Å². The Bertz CT molecular complexity index is 496. The van der Waals surface area contributed by atoms with Crippen molar-refractivity contribution in [3.8, 4) is 0 Å². The molecule has 2 N–H and O–H groups in total. The van der Waals surface area contributed by atoms with Gasteiger partial charge in [-0.25, -0.2) is 4.98 Å². The molecule has 1 amide bonds. The lowest BCUT2D eigenvalue weighted by Crippen LogP contribution is -2.46. The molecule has 2 heterocycles. The monoisotopic (exact) mass is 306 g/mol. The van der Waals surface area contributed by atoms with Crippen molar-refractivity contribution >= 4 is 11.9 Å². The first-order valence-corrected chi connectivity index (χ1v) is 7.82. The topological polar surface area (TPSA) is 74.6 Å². The third kappa shape index (κ3) is 4.47. The van der Waals surface area contributed by atoms with Crippen LogP contribution in [0.15, 0.2) is 23.7 Å². The van der Waals surface area contributed by atoms with Gasteiger partial charge in [0, 0.05) is 57.6 Å². The van der Waals surface area contributed by atoms with E-state index in [0.717, 1.165) is 38.6 Å². The Kier molecular flexibility index (Phi) is 5.80. The molecule has 0 aromatic carbocycles. The average molecular weight is 306 g/mol. The highest BCUT2D eigenvalue weighted by Crippen LogP contribution is 2.12. The molecule has 7 nitrogen and oxygen atoms in total. The molecule has 1 saturated heterocycles. The van der Waals surface area contributed by atoms with Crippen LogP contribution in [0.5, 0.6) is 0 Å². The number of hydrogen-bond acceptors (Lipinski definition) is 3. The first-order valence-electron chi connectivity index (χ1n) is 7.82. The predicted molar refractivity (Wildman–Crippen MR) is 86.5 cm³/mol. The molecular weight excluding hydrogens is 280 g/mol. The van der Waals surface area contributed by atoms with Gasteiger partial charge in [0.1, 0.15) is 0 Å². The van der Waals surface area contributed by atoms with E-state index in [4.69, 9.17) is 0 Å². The van der Waals surface area contributed by atoms with E-state index >= 15 is 0 Å². The van der Waals surface area contributed by atoms with E-state index in [1.807, 2.05) is 29.5 Å². The first-order chi connectivity index (χ1) is 10.6. The number of amides is 1. The molecule has 2 rings (SSSR count). The smallest absolute Gasteiger partial charge is 0.225 e. The highest BCUT2D eigenvalue weighted by atomic mass is 16.2. The molecule has 0 aliphatic carbocycles. The normalized spacial score (nSPS) is 18.8. The number of likely N-dealkylation sites (tertiary alicyclic amines) is 1. The van der Waals surface area contributed by atoms with Crippen molar-refractivity contribution in [1.82, 2.24) is 25.1 Å². The summed E-state index contributed by atoms with van der Waals surface area (Å²) in [5, 5.41) is 6.68. The summed E-state index contributed by atoms with van der Waals surface area (Å²) in [6, 6.07) is 0.266. The molecule has 0 radical (unpaired) electrons. The van der Waals surface area contributed by atoms with Crippen molar-refractivity contribution in [3.63, 3.8) is 0 Å². The van der Waals surface area contributed by atoms with Crippen LogP contribution in [0.2, 0.25) is 0 Å². The minimum Gasteiger partial charge on any atom is -0.355 e. The van der Waals surface area contributed by atoms with Gasteiger partial charge in [-0.2, -0.15) is 0 Å². The number of rotatable bonds is 5. The van der Waals surface area contributed by atoms with Gasteiger partial charge in [-0.05, 0) is 6.42 Å². The van der Waals surface area contributed by atoms with Gasteiger partial charge in [0.05, 0.1) is 6.33 Å². The van der Waals surface area contributed by atoms with Crippen LogP contribution in [-0.4, -0.2) is 59.0 Å². The summed E-state index contributed by atoms with van der Waals surface area (Å²) in [6.45, 7) is 7.07. The number of hydrogen-bond donors (Lipinski definition) is 2. The predicted octanol–water partition coefficient (Wildman–Crippen LogP) is 0.305. The summed E-state index contributed by atoms with van der Waals surface area (Å²) in [4.78, 5) is 22.2. The minimum absolute atomic E-state index is 0.0615. The summed E-state index contributed by atoms with van der Waals surface area (Å²) in [5.74, 6) is 1.07. The number of nitrogens with one attached hydrogen (secondary N) is 2. The van der Waals surface area contributed by atoms with Crippen LogP contribution in [0, 0.1) is 5.92 Å². The number of imidazole rings is 1. The lowest BCUT2D eigenvalue weighted by molar-refractivity contribution is -0.133. The Balaban J connectivity index is 1.73. The number of aromatic nitrogens is 2. The SMILES string of the molecule is CN=C(NCCn1ccnc1)NC1CCN(C(=O)C(C)C)C1. The third-order valence-corrected chi connectivity index (χ3v) is 3.78. The van der Waals surface area contributed by atoms with Crippen LogP contribution in [0.25, 0.3) is 0 Å². The molecule has 0 spiro atoms. The Morgan fingerprint density at radius 1 is 1.50 bits per heavy atom. The standard InChI is InChI=1S/C15H26N6O/c1-12(2)14(22)21-7-4-13(10-21)19-15(16-3)18-6-9-20-8-5-17-11-20/h5,8,11-13H,4,6-7,9-10H2,1-3H3,(H2,16,18,19). The maximum Gasteiger partial charge on any atom is 0.225 e. The number of guanidine groups is 1. The molecule has 1 aliphatic rings.